The summed E-state index contributed by atoms with van der Waals surface area (Å²) in [6.07, 6.45) is -2.38. The molecule has 2 aromatic carbocycles. The van der Waals surface area contributed by atoms with Gasteiger partial charge in [-0.05, 0) is 108 Å². The molecule has 2 aliphatic rings. The minimum Gasteiger partial charge on any atom is -0.547 e. The zero-order valence-corrected chi connectivity index (χ0v) is 35.8. The summed E-state index contributed by atoms with van der Waals surface area (Å²) in [7, 11) is -4.56. The number of nitrogens with zero attached hydrogens (tertiary/aromatic N) is 1. The summed E-state index contributed by atoms with van der Waals surface area (Å²) >= 11 is 0. The number of rotatable bonds is 6. The molecule has 12 nitrogen and oxygen atoms in total. The van der Waals surface area contributed by atoms with Gasteiger partial charge in [-0.25, -0.2) is 14.4 Å². The van der Waals surface area contributed by atoms with Crippen LogP contribution in [0, 0.1) is 11.8 Å². The van der Waals surface area contributed by atoms with Crippen LogP contribution in [0.2, 0.25) is 39.3 Å². The van der Waals surface area contributed by atoms with Gasteiger partial charge in [-0.2, -0.15) is 4.90 Å². The van der Waals surface area contributed by atoms with Crippen molar-refractivity contribution >= 4 is 63.0 Å². The van der Waals surface area contributed by atoms with Gasteiger partial charge < -0.3 is 27.8 Å². The lowest BCUT2D eigenvalue weighted by Gasteiger charge is -2.42. The first-order valence-corrected chi connectivity index (χ1v) is 24.7. The number of carbonyl (C=O) groups excluding carboxylic acids is 5. The molecular formula is C39H55NO11Si2. The van der Waals surface area contributed by atoms with Crippen molar-refractivity contribution in [2.24, 2.45) is 11.8 Å². The van der Waals surface area contributed by atoms with E-state index in [4.69, 9.17) is 27.8 Å². The number of ether oxygens (including phenoxy) is 4. The summed E-state index contributed by atoms with van der Waals surface area (Å²) in [5.41, 5.74) is -3.90. The van der Waals surface area contributed by atoms with Gasteiger partial charge in [0.05, 0.1) is 34.6 Å². The van der Waals surface area contributed by atoms with Crippen molar-refractivity contribution in [3.63, 3.8) is 0 Å². The third-order valence-corrected chi connectivity index (χ3v) is 9.56. The Hall–Kier alpha value is -4.02. The van der Waals surface area contributed by atoms with Gasteiger partial charge in [0.1, 0.15) is 16.8 Å². The van der Waals surface area contributed by atoms with Crippen molar-refractivity contribution in [1.82, 2.24) is 0 Å². The Morgan fingerprint density at radius 2 is 1.21 bits per heavy atom. The van der Waals surface area contributed by atoms with Gasteiger partial charge in [0.25, 0.3) is 0 Å². The van der Waals surface area contributed by atoms with Crippen molar-refractivity contribution in [2.75, 3.05) is 4.90 Å². The van der Waals surface area contributed by atoms with Gasteiger partial charge in [0.2, 0.25) is 8.32 Å². The second kappa shape index (κ2) is 14.3. The number of carbonyl (C=O) groups is 5. The lowest BCUT2D eigenvalue weighted by atomic mass is 9.66. The standard InChI is InChI=1S/C39H55NO11Si2/c1-37(2,3)47-34(43)40(35(44)48-38(4,5)6)30-23-18-16-17-19-24(23)33(46-36(45)49-39(7,8)9)29-28(30)32(42)27-25(31(29)41)20-22(50-52(10,11)12)21-26(27)51-53(13,14)15/h16-19,21,25-27H,20H2,1-15H3/t25-,26+,27-/m1/s1. The van der Waals surface area contributed by atoms with E-state index in [-0.39, 0.29) is 39.8 Å². The second-order valence-corrected chi connectivity index (χ2v) is 27.3. The first-order chi connectivity index (χ1) is 24.0. The van der Waals surface area contributed by atoms with E-state index in [2.05, 4.69) is 0 Å². The maximum atomic E-state index is 15.4. The maximum absolute atomic E-state index is 15.4. The molecule has 4 rings (SSSR count). The average molecular weight is 770 g/mol. The van der Waals surface area contributed by atoms with E-state index in [9.17, 15) is 14.4 Å². The molecule has 290 valence electrons. The third-order valence-electron chi connectivity index (χ3n) is 7.71. The second-order valence-electron chi connectivity index (χ2n) is 18.4. The Morgan fingerprint density at radius 3 is 1.68 bits per heavy atom. The Morgan fingerprint density at radius 1 is 0.698 bits per heavy atom. The molecule has 14 heteroatoms. The number of hydrogen-bond acceptors (Lipinski definition) is 11. The van der Waals surface area contributed by atoms with Gasteiger partial charge in [-0.1, -0.05) is 24.3 Å². The van der Waals surface area contributed by atoms with E-state index >= 15 is 9.59 Å². The fourth-order valence-corrected chi connectivity index (χ4v) is 8.25. The molecule has 0 fully saturated rings. The van der Waals surface area contributed by atoms with E-state index in [0.29, 0.717) is 10.7 Å². The summed E-state index contributed by atoms with van der Waals surface area (Å²) < 4.78 is 35.9. The van der Waals surface area contributed by atoms with Crippen LogP contribution in [0.4, 0.5) is 20.1 Å². The molecule has 0 N–H and O–H groups in total. The van der Waals surface area contributed by atoms with Crippen LogP contribution in [0.3, 0.4) is 0 Å². The molecule has 0 heterocycles. The molecule has 2 amide bonds. The van der Waals surface area contributed by atoms with Crippen LogP contribution in [0.15, 0.2) is 36.1 Å². The molecule has 0 saturated heterocycles. The highest BCUT2D eigenvalue weighted by Gasteiger charge is 2.53. The predicted octanol–water partition coefficient (Wildman–Crippen LogP) is 9.80. The van der Waals surface area contributed by atoms with Crippen LogP contribution < -0.4 is 9.64 Å². The summed E-state index contributed by atoms with van der Waals surface area (Å²) in [5, 5.41) is 0.321. The molecule has 3 atom stereocenters. The summed E-state index contributed by atoms with van der Waals surface area (Å²) in [6, 6.07) is 6.42. The van der Waals surface area contributed by atoms with Crippen LogP contribution in [0.1, 0.15) is 89.5 Å². The lowest BCUT2D eigenvalue weighted by Crippen LogP contribution is -2.51. The number of fused-ring (bicyclic) bond motifs is 3. The van der Waals surface area contributed by atoms with E-state index in [1.165, 1.54) is 0 Å². The zero-order valence-electron chi connectivity index (χ0n) is 33.8. The number of allylic oxidation sites excluding steroid dienone is 1. The van der Waals surface area contributed by atoms with Gasteiger partial charge in [-0.15, -0.1) is 0 Å². The Balaban J connectivity index is 2.16. The Labute approximate surface area is 314 Å². The highest BCUT2D eigenvalue weighted by molar-refractivity contribution is 6.70. The number of Topliss-reactive ketones (excluding diaryl/α,β-unsaturated/α-hetero) is 2. The van der Waals surface area contributed by atoms with E-state index in [1.54, 1.807) is 92.7 Å². The summed E-state index contributed by atoms with van der Waals surface area (Å²) in [6.45, 7) is 26.8. The number of benzene rings is 2. The third kappa shape index (κ3) is 10.1. The SMILES string of the molecule is CC(C)(C)OC(=O)Oc1c2c(c(N(C(=O)OC(C)(C)C)C(=O)OC(C)(C)C)c3ccccc13)C(=O)[C@H]1[C@@H](O[Si](C)(C)C)C=C(O[Si](C)(C)C)C[C@H]1C2=O. The van der Waals surface area contributed by atoms with E-state index in [1.807, 2.05) is 39.3 Å². The molecule has 0 aliphatic heterocycles. The maximum Gasteiger partial charge on any atom is 0.514 e. The minimum absolute atomic E-state index is 0.0837. The normalized spacial score (nSPS) is 19.5. The number of amides is 2. The van der Waals surface area contributed by atoms with Crippen LogP contribution in [0.5, 0.6) is 5.75 Å². The fraction of sp³-hybridized carbons (Fsp3) is 0.564. The molecule has 0 radical (unpaired) electrons. The van der Waals surface area contributed by atoms with Crippen molar-refractivity contribution < 1.29 is 51.8 Å². The van der Waals surface area contributed by atoms with Crippen molar-refractivity contribution in [3.05, 3.63) is 47.2 Å². The van der Waals surface area contributed by atoms with Crippen molar-refractivity contribution in [2.45, 2.75) is 131 Å². The Bertz CT molecular complexity index is 1820. The fourth-order valence-electron chi connectivity index (χ4n) is 6.28. The van der Waals surface area contributed by atoms with Gasteiger partial charge >= 0.3 is 18.3 Å². The average Bonchev–Trinajstić information content (AvgIpc) is 2.92. The van der Waals surface area contributed by atoms with Crippen LogP contribution in [0.25, 0.3) is 10.8 Å². The summed E-state index contributed by atoms with van der Waals surface area (Å²) in [4.78, 5) is 72.9. The quantitative estimate of drug-likeness (QED) is 0.120. The first-order valence-electron chi connectivity index (χ1n) is 17.9. The van der Waals surface area contributed by atoms with Crippen LogP contribution in [-0.4, -0.2) is 69.5 Å². The number of hydrogen-bond donors (Lipinski definition) is 0. The zero-order chi connectivity index (χ0) is 40.2. The highest BCUT2D eigenvalue weighted by Crippen LogP contribution is 2.51. The number of anilines is 1. The van der Waals surface area contributed by atoms with Gasteiger partial charge in [-0.3, -0.25) is 9.59 Å². The van der Waals surface area contributed by atoms with Gasteiger partial charge in [0, 0.05) is 23.1 Å². The summed E-state index contributed by atoms with van der Waals surface area (Å²) in [5.74, 6) is -2.87. The minimum atomic E-state index is -2.37. The molecule has 2 aromatic rings. The monoisotopic (exact) mass is 769 g/mol. The van der Waals surface area contributed by atoms with E-state index < -0.39 is 81.3 Å². The predicted molar refractivity (Wildman–Crippen MR) is 207 cm³/mol. The molecule has 2 aliphatic carbocycles. The topological polar surface area (TPSA) is 144 Å². The van der Waals surface area contributed by atoms with Crippen molar-refractivity contribution in [1.29, 1.82) is 0 Å². The molecule has 53 heavy (non-hydrogen) atoms. The number of ketones is 2. The van der Waals surface area contributed by atoms with Crippen LogP contribution >= 0.6 is 0 Å². The van der Waals surface area contributed by atoms with Crippen molar-refractivity contribution in [3.8, 4) is 5.75 Å². The van der Waals surface area contributed by atoms with Gasteiger partial charge in [0.15, 0.2) is 25.6 Å². The molecule has 0 unspecified atom stereocenters. The van der Waals surface area contributed by atoms with Crippen LogP contribution in [-0.2, 0) is 23.1 Å². The molecule has 0 spiro atoms. The molecule has 0 bridgehead atoms. The number of imide groups is 1. The highest BCUT2D eigenvalue weighted by atomic mass is 28.4. The first kappa shape index (κ1) is 41.7. The molecule has 0 aromatic heterocycles. The molecular weight excluding hydrogens is 715 g/mol. The smallest absolute Gasteiger partial charge is 0.514 e. The lowest BCUT2D eigenvalue weighted by molar-refractivity contribution is 0.0202. The largest absolute Gasteiger partial charge is 0.547 e. The Kier molecular flexibility index (Phi) is 11.3. The molecule has 0 saturated carbocycles. The van der Waals surface area contributed by atoms with E-state index in [0.717, 1.165) is 0 Å².